The molecule has 1 fully saturated rings. The molecular formula is C12H15ClN4O2. The maximum absolute atomic E-state index is 11.8. The van der Waals surface area contributed by atoms with Crippen LogP contribution in [0.4, 0.5) is 5.82 Å². The molecule has 1 aromatic heterocycles. The molecule has 0 bridgehead atoms. The monoisotopic (exact) mass is 282 g/mol. The van der Waals surface area contributed by atoms with Gasteiger partial charge in [0.05, 0.1) is 6.42 Å². The highest BCUT2D eigenvalue weighted by Crippen LogP contribution is 2.24. The van der Waals surface area contributed by atoms with Gasteiger partial charge in [-0.2, -0.15) is 0 Å². The fraction of sp³-hybridized carbons (Fsp3) is 0.500. The molecule has 2 rings (SSSR count). The van der Waals surface area contributed by atoms with Gasteiger partial charge in [0.1, 0.15) is 23.3 Å². The third-order valence-corrected chi connectivity index (χ3v) is 3.41. The number of hydrogen-bond acceptors (Lipinski definition) is 5. The number of nitrogens with one attached hydrogen (secondary N) is 1. The average Bonchev–Trinajstić information content (AvgIpc) is 2.61. The molecule has 102 valence electrons. The van der Waals surface area contributed by atoms with Gasteiger partial charge in [0.25, 0.3) is 5.91 Å². The Bertz CT molecular complexity index is 520. The van der Waals surface area contributed by atoms with E-state index in [0.717, 1.165) is 16.9 Å². The Morgan fingerprint density at radius 1 is 1.47 bits per heavy atom. The van der Waals surface area contributed by atoms with Crippen LogP contribution in [0.1, 0.15) is 25.3 Å². The Hall–Kier alpha value is -1.69. The van der Waals surface area contributed by atoms with Crippen LogP contribution in [-0.2, 0) is 16.0 Å². The molecule has 0 aliphatic carbocycles. The number of imide groups is 1. The van der Waals surface area contributed by atoms with Gasteiger partial charge in [-0.3, -0.25) is 14.5 Å². The highest BCUT2D eigenvalue weighted by Gasteiger charge is 2.36. The predicted molar refractivity (Wildman–Crippen MR) is 70.8 cm³/mol. The molecule has 1 unspecified atom stereocenters. The van der Waals surface area contributed by atoms with Gasteiger partial charge >= 0.3 is 0 Å². The van der Waals surface area contributed by atoms with Crippen LogP contribution < -0.4 is 5.32 Å². The Morgan fingerprint density at radius 3 is 2.79 bits per heavy atom. The van der Waals surface area contributed by atoms with Gasteiger partial charge in [-0.05, 0) is 6.42 Å². The van der Waals surface area contributed by atoms with Gasteiger partial charge in [-0.25, -0.2) is 9.97 Å². The number of hydrogen-bond donors (Lipinski definition) is 1. The van der Waals surface area contributed by atoms with Crippen LogP contribution in [0.25, 0.3) is 0 Å². The van der Waals surface area contributed by atoms with E-state index in [1.54, 1.807) is 0 Å². The molecule has 1 N–H and O–H groups in total. The van der Waals surface area contributed by atoms with Crippen molar-refractivity contribution >= 4 is 29.2 Å². The third-order valence-electron chi connectivity index (χ3n) is 3.09. The number of nitrogens with zero attached hydrogens (tertiary/aromatic N) is 3. The minimum absolute atomic E-state index is 0.141. The van der Waals surface area contributed by atoms with Crippen LogP contribution in [-0.4, -0.2) is 39.8 Å². The molecule has 19 heavy (non-hydrogen) atoms. The zero-order valence-electron chi connectivity index (χ0n) is 10.8. The normalized spacial score (nSPS) is 19.1. The number of halogens is 1. The number of aromatic nitrogens is 2. The van der Waals surface area contributed by atoms with Crippen molar-refractivity contribution in [2.75, 3.05) is 12.4 Å². The van der Waals surface area contributed by atoms with Crippen LogP contribution in [0.5, 0.6) is 0 Å². The van der Waals surface area contributed by atoms with Gasteiger partial charge in [0, 0.05) is 12.6 Å². The lowest BCUT2D eigenvalue weighted by Gasteiger charge is -2.15. The average molecular weight is 283 g/mol. The van der Waals surface area contributed by atoms with Crippen molar-refractivity contribution in [3.05, 3.63) is 17.0 Å². The zero-order chi connectivity index (χ0) is 14.0. The molecule has 2 amide bonds. The van der Waals surface area contributed by atoms with Crippen LogP contribution in [0.3, 0.4) is 0 Å². The first kappa shape index (κ1) is 13.7. The molecule has 1 aliphatic heterocycles. The van der Waals surface area contributed by atoms with Crippen molar-refractivity contribution in [2.45, 2.75) is 32.2 Å². The molecule has 7 heteroatoms. The van der Waals surface area contributed by atoms with Crippen LogP contribution in [0, 0.1) is 0 Å². The SMILES string of the molecule is CCCc1c(Cl)ncnc1NC1CC(=O)N(C)C1=O. The second-order valence-corrected chi connectivity index (χ2v) is 4.79. The van der Waals surface area contributed by atoms with Gasteiger partial charge in [0.15, 0.2) is 0 Å². The lowest BCUT2D eigenvalue weighted by Crippen LogP contribution is -2.32. The Morgan fingerprint density at radius 2 is 2.21 bits per heavy atom. The Kier molecular flexibility index (Phi) is 3.99. The van der Waals surface area contributed by atoms with Crippen molar-refractivity contribution < 1.29 is 9.59 Å². The summed E-state index contributed by atoms with van der Waals surface area (Å²) in [6.45, 7) is 2.02. The highest BCUT2D eigenvalue weighted by atomic mass is 35.5. The molecule has 1 saturated heterocycles. The van der Waals surface area contributed by atoms with Gasteiger partial charge in [-0.1, -0.05) is 24.9 Å². The van der Waals surface area contributed by atoms with Gasteiger partial charge in [-0.15, -0.1) is 0 Å². The molecule has 0 aromatic carbocycles. The molecule has 0 saturated carbocycles. The molecule has 1 aromatic rings. The van der Waals surface area contributed by atoms with Crippen molar-refractivity contribution in [1.82, 2.24) is 14.9 Å². The summed E-state index contributed by atoms with van der Waals surface area (Å²) in [7, 11) is 1.48. The first-order valence-corrected chi connectivity index (χ1v) is 6.48. The molecule has 2 heterocycles. The van der Waals surface area contributed by atoms with Crippen LogP contribution >= 0.6 is 11.6 Å². The maximum atomic E-state index is 11.8. The van der Waals surface area contributed by atoms with E-state index in [9.17, 15) is 9.59 Å². The standard InChI is InChI=1S/C12H15ClN4O2/c1-3-4-7-10(13)14-6-15-11(7)16-8-5-9(18)17(2)12(8)19/h6,8H,3-5H2,1-2H3,(H,14,15,16). The minimum Gasteiger partial charge on any atom is -0.358 e. The number of anilines is 1. The second-order valence-electron chi connectivity index (χ2n) is 4.43. The minimum atomic E-state index is -0.570. The Balaban J connectivity index is 2.22. The first-order chi connectivity index (χ1) is 9.04. The molecule has 6 nitrogen and oxygen atoms in total. The summed E-state index contributed by atoms with van der Waals surface area (Å²) in [6, 6.07) is -0.570. The van der Waals surface area contributed by atoms with E-state index in [0.29, 0.717) is 17.4 Å². The zero-order valence-corrected chi connectivity index (χ0v) is 11.6. The van der Waals surface area contributed by atoms with Crippen LogP contribution in [0.15, 0.2) is 6.33 Å². The summed E-state index contributed by atoms with van der Waals surface area (Å²) in [5, 5.41) is 3.38. The third kappa shape index (κ3) is 2.68. The number of carbonyl (C=O) groups is 2. The number of carbonyl (C=O) groups excluding carboxylic acids is 2. The lowest BCUT2D eigenvalue weighted by molar-refractivity contribution is -0.136. The number of amides is 2. The fourth-order valence-corrected chi connectivity index (χ4v) is 2.25. The molecule has 0 spiro atoms. The van der Waals surface area contributed by atoms with Gasteiger partial charge in [0.2, 0.25) is 5.91 Å². The van der Waals surface area contributed by atoms with Crippen molar-refractivity contribution in [2.24, 2.45) is 0 Å². The van der Waals surface area contributed by atoms with E-state index in [1.165, 1.54) is 13.4 Å². The van der Waals surface area contributed by atoms with Gasteiger partial charge < -0.3 is 5.32 Å². The predicted octanol–water partition coefficient (Wildman–Crippen LogP) is 1.25. The van der Waals surface area contributed by atoms with Crippen molar-refractivity contribution in [1.29, 1.82) is 0 Å². The van der Waals surface area contributed by atoms with E-state index >= 15 is 0 Å². The highest BCUT2D eigenvalue weighted by molar-refractivity contribution is 6.30. The van der Waals surface area contributed by atoms with E-state index < -0.39 is 6.04 Å². The van der Waals surface area contributed by atoms with E-state index in [-0.39, 0.29) is 18.2 Å². The summed E-state index contributed by atoms with van der Waals surface area (Å²) in [6.07, 6.45) is 3.09. The molecule has 1 aliphatic rings. The quantitative estimate of drug-likeness (QED) is 0.664. The molecule has 1 atom stereocenters. The van der Waals surface area contributed by atoms with Crippen molar-refractivity contribution in [3.63, 3.8) is 0 Å². The summed E-state index contributed by atoms with van der Waals surface area (Å²) < 4.78 is 0. The topological polar surface area (TPSA) is 75.2 Å². The summed E-state index contributed by atoms with van der Waals surface area (Å²) in [5.74, 6) is 0.0881. The molecule has 0 radical (unpaired) electrons. The maximum Gasteiger partial charge on any atom is 0.251 e. The second kappa shape index (κ2) is 5.52. The number of likely N-dealkylation sites (N-methyl/N-ethyl adjacent to an activating group) is 1. The number of likely N-dealkylation sites (tertiary alicyclic amines) is 1. The first-order valence-electron chi connectivity index (χ1n) is 6.11. The Labute approximate surface area is 116 Å². The summed E-state index contributed by atoms with van der Waals surface area (Å²) >= 11 is 6.03. The summed E-state index contributed by atoms with van der Waals surface area (Å²) in [5.41, 5.74) is 0.779. The van der Waals surface area contributed by atoms with E-state index in [2.05, 4.69) is 15.3 Å². The number of rotatable bonds is 4. The molecular weight excluding hydrogens is 268 g/mol. The largest absolute Gasteiger partial charge is 0.358 e. The lowest BCUT2D eigenvalue weighted by atomic mass is 10.1. The van der Waals surface area contributed by atoms with E-state index in [4.69, 9.17) is 11.6 Å². The van der Waals surface area contributed by atoms with E-state index in [1.807, 2.05) is 6.92 Å². The smallest absolute Gasteiger partial charge is 0.251 e. The van der Waals surface area contributed by atoms with Crippen LogP contribution in [0.2, 0.25) is 5.15 Å². The fourth-order valence-electron chi connectivity index (χ4n) is 2.02. The van der Waals surface area contributed by atoms with Crippen molar-refractivity contribution in [3.8, 4) is 0 Å². The summed E-state index contributed by atoms with van der Waals surface area (Å²) in [4.78, 5) is 32.5.